The van der Waals surface area contributed by atoms with E-state index in [1.165, 1.54) is 25.3 Å². The van der Waals surface area contributed by atoms with Crippen molar-refractivity contribution in [1.29, 1.82) is 0 Å². The fourth-order valence-corrected chi connectivity index (χ4v) is 4.55. The lowest BCUT2D eigenvalue weighted by Crippen LogP contribution is -2.15. The Morgan fingerprint density at radius 1 is 1.10 bits per heavy atom. The third kappa shape index (κ3) is 5.80. The van der Waals surface area contributed by atoms with Gasteiger partial charge < -0.3 is 15.4 Å². The van der Waals surface area contributed by atoms with Crippen LogP contribution in [0, 0.1) is 12.7 Å². The summed E-state index contributed by atoms with van der Waals surface area (Å²) in [6.07, 6.45) is -1.45. The number of aromatic nitrogens is 3. The maximum absolute atomic E-state index is 14.1. The van der Waals surface area contributed by atoms with Crippen molar-refractivity contribution in [3.8, 4) is 17.0 Å². The van der Waals surface area contributed by atoms with E-state index in [1.54, 1.807) is 16.8 Å². The van der Waals surface area contributed by atoms with Crippen LogP contribution in [-0.4, -0.2) is 40.5 Å². The lowest BCUT2D eigenvalue weighted by molar-refractivity contribution is -0.131. The monoisotopic (exact) mass is 551 g/mol. The summed E-state index contributed by atoms with van der Waals surface area (Å²) in [7, 11) is 1.46. The molecule has 0 spiro atoms. The summed E-state index contributed by atoms with van der Waals surface area (Å²) in [6, 6.07) is 12.0. The molecule has 1 aliphatic rings. The largest absolute Gasteiger partial charge is 0.496 e. The maximum Gasteiger partial charge on any atom is 0.390 e. The fourth-order valence-electron chi connectivity index (χ4n) is 4.55. The molecule has 0 aliphatic heterocycles. The zero-order valence-electron chi connectivity index (χ0n) is 22.2. The SMILES string of the molecule is C=C(NC1CC1)c1ccc(-c2cnc3c(NCCC(F)(F)F)cc(C(=C)c4cc(F)ccc4OC)nn23)cc1C. The van der Waals surface area contributed by atoms with Crippen LogP contribution in [-0.2, 0) is 0 Å². The molecule has 1 saturated carbocycles. The van der Waals surface area contributed by atoms with Crippen LogP contribution < -0.4 is 15.4 Å². The van der Waals surface area contributed by atoms with Crippen LogP contribution in [0.25, 0.3) is 28.2 Å². The molecule has 0 bridgehead atoms. The molecule has 0 atom stereocenters. The normalized spacial score (nSPS) is 13.3. The Balaban J connectivity index is 1.58. The van der Waals surface area contributed by atoms with Crippen molar-refractivity contribution in [2.45, 2.75) is 38.4 Å². The van der Waals surface area contributed by atoms with Crippen molar-refractivity contribution in [2.75, 3.05) is 19.0 Å². The van der Waals surface area contributed by atoms with Gasteiger partial charge in [-0.2, -0.15) is 18.3 Å². The number of nitrogens with zero attached hydrogens (tertiary/aromatic N) is 3. The Morgan fingerprint density at radius 2 is 1.88 bits per heavy atom. The number of hydrogen-bond acceptors (Lipinski definition) is 5. The topological polar surface area (TPSA) is 63.5 Å². The number of ether oxygens (including phenoxy) is 1. The first-order valence-electron chi connectivity index (χ1n) is 12.8. The summed E-state index contributed by atoms with van der Waals surface area (Å²) >= 11 is 0. The van der Waals surface area contributed by atoms with Crippen LogP contribution in [0.2, 0.25) is 0 Å². The highest BCUT2D eigenvalue weighted by atomic mass is 19.4. The van der Waals surface area contributed by atoms with Crippen LogP contribution in [0.1, 0.15) is 41.6 Å². The summed E-state index contributed by atoms with van der Waals surface area (Å²) < 4.78 is 59.8. The van der Waals surface area contributed by atoms with E-state index in [4.69, 9.17) is 9.84 Å². The van der Waals surface area contributed by atoms with Gasteiger partial charge in [0.25, 0.3) is 0 Å². The third-order valence-corrected chi connectivity index (χ3v) is 6.79. The highest BCUT2D eigenvalue weighted by Gasteiger charge is 2.27. The molecule has 2 N–H and O–H groups in total. The number of benzene rings is 2. The lowest BCUT2D eigenvalue weighted by Gasteiger charge is -2.15. The predicted molar refractivity (Wildman–Crippen MR) is 149 cm³/mol. The highest BCUT2D eigenvalue weighted by Crippen LogP contribution is 2.34. The second-order valence-electron chi connectivity index (χ2n) is 9.86. The number of imidazole rings is 1. The van der Waals surface area contributed by atoms with Gasteiger partial charge in [-0.25, -0.2) is 13.9 Å². The molecule has 5 rings (SSSR count). The number of alkyl halides is 3. The van der Waals surface area contributed by atoms with E-state index in [-0.39, 0.29) is 6.54 Å². The molecule has 2 aromatic heterocycles. The highest BCUT2D eigenvalue weighted by molar-refractivity contribution is 5.83. The first kappa shape index (κ1) is 27.2. The van der Waals surface area contributed by atoms with Crippen molar-refractivity contribution in [3.63, 3.8) is 0 Å². The van der Waals surface area contributed by atoms with Gasteiger partial charge in [-0.05, 0) is 61.2 Å². The van der Waals surface area contributed by atoms with Gasteiger partial charge >= 0.3 is 6.18 Å². The average molecular weight is 552 g/mol. The molecule has 0 saturated heterocycles. The average Bonchev–Trinajstić information content (AvgIpc) is 3.61. The molecule has 4 aromatic rings. The van der Waals surface area contributed by atoms with Gasteiger partial charge in [0.15, 0.2) is 5.65 Å². The van der Waals surface area contributed by atoms with E-state index >= 15 is 0 Å². The molecule has 2 heterocycles. The maximum atomic E-state index is 14.1. The lowest BCUT2D eigenvalue weighted by atomic mass is 10.0. The van der Waals surface area contributed by atoms with Gasteiger partial charge in [0.1, 0.15) is 11.6 Å². The molecular weight excluding hydrogens is 522 g/mol. The molecular formula is C30H29F4N5O. The summed E-state index contributed by atoms with van der Waals surface area (Å²) in [5.74, 6) is -0.102. The first-order chi connectivity index (χ1) is 19.0. The van der Waals surface area contributed by atoms with E-state index in [0.717, 1.165) is 35.2 Å². The fraction of sp³-hybridized carbons (Fsp3) is 0.267. The molecule has 0 amide bonds. The predicted octanol–water partition coefficient (Wildman–Crippen LogP) is 7.00. The Kier molecular flexibility index (Phi) is 7.27. The first-order valence-corrected chi connectivity index (χ1v) is 12.8. The van der Waals surface area contributed by atoms with Crippen molar-refractivity contribution < 1.29 is 22.3 Å². The molecule has 1 aliphatic carbocycles. The van der Waals surface area contributed by atoms with E-state index in [9.17, 15) is 17.6 Å². The minimum atomic E-state index is -4.32. The van der Waals surface area contributed by atoms with Crippen molar-refractivity contribution >= 4 is 22.6 Å². The number of nitrogens with one attached hydrogen (secondary N) is 2. The molecule has 208 valence electrons. The van der Waals surface area contributed by atoms with Gasteiger partial charge in [-0.1, -0.05) is 25.3 Å². The Hall–Kier alpha value is -4.34. The molecule has 1 fully saturated rings. The van der Waals surface area contributed by atoms with Crippen LogP contribution in [0.3, 0.4) is 0 Å². The van der Waals surface area contributed by atoms with Crippen LogP contribution >= 0.6 is 0 Å². The minimum absolute atomic E-state index is 0.320. The van der Waals surface area contributed by atoms with E-state index < -0.39 is 18.4 Å². The van der Waals surface area contributed by atoms with E-state index in [0.29, 0.717) is 45.7 Å². The number of anilines is 1. The van der Waals surface area contributed by atoms with E-state index in [1.807, 2.05) is 25.1 Å². The number of halogens is 4. The van der Waals surface area contributed by atoms with Crippen LogP contribution in [0.5, 0.6) is 5.75 Å². The van der Waals surface area contributed by atoms with Crippen LogP contribution in [0.4, 0.5) is 23.2 Å². The summed E-state index contributed by atoms with van der Waals surface area (Å²) in [6.45, 7) is 9.91. The van der Waals surface area contributed by atoms with Gasteiger partial charge in [-0.15, -0.1) is 0 Å². The van der Waals surface area contributed by atoms with Gasteiger partial charge in [-0.3, -0.25) is 0 Å². The zero-order valence-corrected chi connectivity index (χ0v) is 22.2. The molecule has 40 heavy (non-hydrogen) atoms. The second-order valence-corrected chi connectivity index (χ2v) is 9.86. The number of methoxy groups -OCH3 is 1. The Bertz CT molecular complexity index is 1600. The Labute approximate surface area is 229 Å². The van der Waals surface area contributed by atoms with Gasteiger partial charge in [0, 0.05) is 35.0 Å². The number of hydrogen-bond donors (Lipinski definition) is 2. The van der Waals surface area contributed by atoms with E-state index in [2.05, 4.69) is 28.8 Å². The van der Waals surface area contributed by atoms with Crippen molar-refractivity contribution in [1.82, 2.24) is 19.9 Å². The summed E-state index contributed by atoms with van der Waals surface area (Å²) in [5, 5.41) is 11.0. The van der Waals surface area contributed by atoms with Gasteiger partial charge in [0.05, 0.1) is 36.8 Å². The number of rotatable bonds is 10. The quantitative estimate of drug-likeness (QED) is 0.208. The smallest absolute Gasteiger partial charge is 0.390 e. The zero-order chi connectivity index (χ0) is 28.6. The second kappa shape index (κ2) is 10.7. The van der Waals surface area contributed by atoms with Gasteiger partial charge in [0.2, 0.25) is 0 Å². The van der Waals surface area contributed by atoms with Crippen LogP contribution in [0.15, 0.2) is 61.8 Å². The summed E-state index contributed by atoms with van der Waals surface area (Å²) in [5.41, 5.74) is 6.03. The molecule has 0 radical (unpaired) electrons. The number of fused-ring (bicyclic) bond motifs is 1. The summed E-state index contributed by atoms with van der Waals surface area (Å²) in [4.78, 5) is 4.48. The van der Waals surface area contributed by atoms with Crippen molar-refractivity contribution in [3.05, 3.63) is 90.0 Å². The van der Waals surface area contributed by atoms with Crippen molar-refractivity contribution in [2.24, 2.45) is 0 Å². The Morgan fingerprint density at radius 3 is 2.55 bits per heavy atom. The number of aryl methyl sites for hydroxylation is 1. The molecule has 6 nitrogen and oxygen atoms in total. The molecule has 2 aromatic carbocycles. The standard InChI is InChI=1S/C30H29F4N5O/c1-17-13-20(5-9-23(17)19(3)37-22-7-8-22)27-16-36-29-26(35-12-11-30(32,33)34)15-25(38-39(27)29)18(2)24-14-21(31)6-10-28(24)40-4/h5-6,9-10,13-16,22,35,37H,2-3,7-8,11-12H2,1,4H3. The molecule has 0 unspecified atom stereocenters. The molecule has 10 heteroatoms. The minimum Gasteiger partial charge on any atom is -0.496 e. The third-order valence-electron chi connectivity index (χ3n) is 6.79.